The van der Waals surface area contributed by atoms with Crippen LogP contribution in [0.2, 0.25) is 0 Å². The van der Waals surface area contributed by atoms with E-state index in [4.69, 9.17) is 4.74 Å². The van der Waals surface area contributed by atoms with Crippen molar-refractivity contribution in [1.82, 2.24) is 10.2 Å². The lowest BCUT2D eigenvalue weighted by Crippen LogP contribution is -2.45. The Labute approximate surface area is 139 Å². The minimum atomic E-state index is -0.302. The van der Waals surface area contributed by atoms with Crippen LogP contribution in [-0.4, -0.2) is 44.9 Å². The normalized spacial score (nSPS) is 17.1. The van der Waals surface area contributed by atoms with Crippen LogP contribution in [0.25, 0.3) is 0 Å². The van der Waals surface area contributed by atoms with Gasteiger partial charge in [-0.3, -0.25) is 9.29 Å². The van der Waals surface area contributed by atoms with Crippen molar-refractivity contribution in [3.8, 4) is 5.75 Å². The average Bonchev–Trinajstić information content (AvgIpc) is 2.52. The SMILES string of the molecule is COc1ccc(C(C)C)cc1[C@@H](CCF)N1CCNCC1.Cl. The summed E-state index contributed by atoms with van der Waals surface area (Å²) in [6, 6.07) is 6.44. The van der Waals surface area contributed by atoms with Gasteiger partial charge in [-0.2, -0.15) is 0 Å². The quantitative estimate of drug-likeness (QED) is 0.863. The maximum absolute atomic E-state index is 13.1. The van der Waals surface area contributed by atoms with Gasteiger partial charge >= 0.3 is 0 Å². The molecule has 1 aromatic carbocycles. The predicted molar refractivity (Wildman–Crippen MR) is 92.1 cm³/mol. The second kappa shape index (κ2) is 9.33. The number of nitrogens with one attached hydrogen (secondary N) is 1. The van der Waals surface area contributed by atoms with Crippen LogP contribution in [0.3, 0.4) is 0 Å². The van der Waals surface area contributed by atoms with Gasteiger partial charge < -0.3 is 10.1 Å². The van der Waals surface area contributed by atoms with Gasteiger partial charge in [-0.15, -0.1) is 12.4 Å². The third kappa shape index (κ3) is 4.58. The third-order valence-corrected chi connectivity index (χ3v) is 4.25. The van der Waals surface area contributed by atoms with Gasteiger partial charge in [0.2, 0.25) is 0 Å². The Hall–Kier alpha value is -0.840. The van der Waals surface area contributed by atoms with Crippen LogP contribution in [0, 0.1) is 0 Å². The number of hydrogen-bond acceptors (Lipinski definition) is 3. The Balaban J connectivity index is 0.00000242. The summed E-state index contributed by atoms with van der Waals surface area (Å²) in [6.07, 6.45) is 0.526. The molecule has 126 valence electrons. The van der Waals surface area contributed by atoms with E-state index in [1.54, 1.807) is 7.11 Å². The van der Waals surface area contributed by atoms with Crippen molar-refractivity contribution >= 4 is 12.4 Å². The van der Waals surface area contributed by atoms with Crippen LogP contribution in [0.15, 0.2) is 18.2 Å². The lowest BCUT2D eigenvalue weighted by Gasteiger charge is -2.35. The van der Waals surface area contributed by atoms with Gasteiger partial charge in [-0.1, -0.05) is 26.0 Å². The maximum Gasteiger partial charge on any atom is 0.123 e. The molecule has 3 nitrogen and oxygen atoms in total. The zero-order valence-electron chi connectivity index (χ0n) is 13.8. The van der Waals surface area contributed by atoms with Gasteiger partial charge in [0, 0.05) is 37.8 Å². The van der Waals surface area contributed by atoms with Crippen molar-refractivity contribution in [2.45, 2.75) is 32.2 Å². The van der Waals surface area contributed by atoms with E-state index in [0.29, 0.717) is 12.3 Å². The highest BCUT2D eigenvalue weighted by molar-refractivity contribution is 5.85. The summed E-state index contributed by atoms with van der Waals surface area (Å²) in [4.78, 5) is 2.37. The number of piperazine rings is 1. The molecule has 0 radical (unpaired) electrons. The van der Waals surface area contributed by atoms with Crippen molar-refractivity contribution in [3.05, 3.63) is 29.3 Å². The minimum absolute atomic E-state index is 0. The van der Waals surface area contributed by atoms with Crippen LogP contribution in [-0.2, 0) is 0 Å². The molecule has 1 saturated heterocycles. The number of nitrogens with zero attached hydrogens (tertiary/aromatic N) is 1. The molecule has 1 aliphatic heterocycles. The molecule has 0 spiro atoms. The second-order valence-corrected chi connectivity index (χ2v) is 5.94. The zero-order valence-corrected chi connectivity index (χ0v) is 14.6. The van der Waals surface area contributed by atoms with Gasteiger partial charge in [0.1, 0.15) is 5.75 Å². The number of hydrogen-bond donors (Lipinski definition) is 1. The fraction of sp³-hybridized carbons (Fsp3) is 0.647. The van der Waals surface area contributed by atoms with Crippen molar-refractivity contribution in [2.75, 3.05) is 40.0 Å². The summed E-state index contributed by atoms with van der Waals surface area (Å²) in [5.74, 6) is 1.33. The standard InChI is InChI=1S/C17H27FN2O.ClH/c1-13(2)14-4-5-17(21-3)15(12-14)16(6-7-18)20-10-8-19-9-11-20;/h4-5,12-13,16,19H,6-11H2,1-3H3;1H/t16-;/m1./s1. The van der Waals surface area contributed by atoms with E-state index in [-0.39, 0.29) is 25.1 Å². The summed E-state index contributed by atoms with van der Waals surface area (Å²) in [6.45, 7) is 7.91. The van der Waals surface area contributed by atoms with Crippen molar-refractivity contribution in [2.24, 2.45) is 0 Å². The fourth-order valence-corrected chi connectivity index (χ4v) is 3.00. The van der Waals surface area contributed by atoms with Crippen LogP contribution >= 0.6 is 12.4 Å². The van der Waals surface area contributed by atoms with Gasteiger partial charge in [0.25, 0.3) is 0 Å². The molecule has 5 heteroatoms. The van der Waals surface area contributed by atoms with Gasteiger partial charge in [0.05, 0.1) is 13.8 Å². The molecule has 22 heavy (non-hydrogen) atoms. The minimum Gasteiger partial charge on any atom is -0.496 e. The highest BCUT2D eigenvalue weighted by atomic mass is 35.5. The molecule has 0 bridgehead atoms. The Morgan fingerprint density at radius 2 is 1.95 bits per heavy atom. The Bertz CT molecular complexity index is 450. The van der Waals surface area contributed by atoms with E-state index in [2.05, 4.69) is 36.2 Å². The molecule has 0 aromatic heterocycles. The van der Waals surface area contributed by atoms with Crippen LogP contribution in [0.4, 0.5) is 4.39 Å². The summed E-state index contributed by atoms with van der Waals surface area (Å²) in [7, 11) is 1.69. The van der Waals surface area contributed by atoms with Crippen LogP contribution in [0.5, 0.6) is 5.75 Å². The van der Waals surface area contributed by atoms with E-state index in [1.807, 2.05) is 6.07 Å². The van der Waals surface area contributed by atoms with E-state index in [1.165, 1.54) is 5.56 Å². The monoisotopic (exact) mass is 330 g/mol. The lowest BCUT2D eigenvalue weighted by atomic mass is 9.94. The molecule has 1 fully saturated rings. The van der Waals surface area contributed by atoms with E-state index in [0.717, 1.165) is 37.5 Å². The highest BCUT2D eigenvalue weighted by Crippen LogP contribution is 2.34. The summed E-state index contributed by atoms with van der Waals surface area (Å²) >= 11 is 0. The van der Waals surface area contributed by atoms with Gasteiger partial charge in [0.15, 0.2) is 0 Å². The molecule has 1 aromatic rings. The molecule has 1 aliphatic rings. The predicted octanol–water partition coefficient (Wildman–Crippen LogP) is 3.55. The van der Waals surface area contributed by atoms with Gasteiger partial charge in [-0.05, 0) is 24.0 Å². The molecule has 0 saturated carbocycles. The zero-order chi connectivity index (χ0) is 15.2. The molecular weight excluding hydrogens is 303 g/mol. The highest BCUT2D eigenvalue weighted by Gasteiger charge is 2.25. The third-order valence-electron chi connectivity index (χ3n) is 4.25. The average molecular weight is 331 g/mol. The smallest absolute Gasteiger partial charge is 0.123 e. The lowest BCUT2D eigenvalue weighted by molar-refractivity contribution is 0.155. The largest absolute Gasteiger partial charge is 0.496 e. The van der Waals surface area contributed by atoms with Crippen LogP contribution in [0.1, 0.15) is 43.4 Å². The van der Waals surface area contributed by atoms with E-state index in [9.17, 15) is 4.39 Å². The van der Waals surface area contributed by atoms with Crippen molar-refractivity contribution < 1.29 is 9.13 Å². The first kappa shape index (κ1) is 19.2. The Morgan fingerprint density at radius 3 is 2.50 bits per heavy atom. The molecule has 2 rings (SSSR count). The van der Waals surface area contributed by atoms with Gasteiger partial charge in [-0.25, -0.2) is 0 Å². The topological polar surface area (TPSA) is 24.5 Å². The second-order valence-electron chi connectivity index (χ2n) is 5.94. The Morgan fingerprint density at radius 1 is 1.27 bits per heavy atom. The first-order valence-electron chi connectivity index (χ1n) is 7.86. The summed E-state index contributed by atoms with van der Waals surface area (Å²) in [5.41, 5.74) is 2.41. The molecule has 0 amide bonds. The Kier molecular flexibility index (Phi) is 8.15. The molecule has 0 aliphatic carbocycles. The number of halogens is 2. The van der Waals surface area contributed by atoms with E-state index >= 15 is 0 Å². The first-order valence-corrected chi connectivity index (χ1v) is 7.86. The van der Waals surface area contributed by atoms with E-state index < -0.39 is 0 Å². The number of benzene rings is 1. The molecular formula is C17H28ClFN2O. The fourth-order valence-electron chi connectivity index (χ4n) is 3.00. The molecule has 1 atom stereocenters. The molecule has 0 unspecified atom stereocenters. The number of rotatable bonds is 6. The number of methoxy groups -OCH3 is 1. The maximum atomic E-state index is 13.1. The van der Waals surface area contributed by atoms with Crippen LogP contribution < -0.4 is 10.1 Å². The number of alkyl halides is 1. The molecule has 1 N–H and O–H groups in total. The first-order chi connectivity index (χ1) is 10.2. The number of ether oxygens (including phenoxy) is 1. The van der Waals surface area contributed by atoms with Crippen molar-refractivity contribution in [1.29, 1.82) is 0 Å². The van der Waals surface area contributed by atoms with Crippen molar-refractivity contribution in [3.63, 3.8) is 0 Å². The molecule has 1 heterocycles. The summed E-state index contributed by atoms with van der Waals surface area (Å²) < 4.78 is 18.6. The summed E-state index contributed by atoms with van der Waals surface area (Å²) in [5, 5.41) is 3.35.